The Hall–Kier alpha value is -1.66. The topological polar surface area (TPSA) is 49.4 Å². The maximum Gasteiger partial charge on any atom is 0.285 e. The van der Waals surface area contributed by atoms with E-state index in [9.17, 15) is 9.59 Å². The molecule has 5 fully saturated rings. The summed E-state index contributed by atoms with van der Waals surface area (Å²) in [5.41, 5.74) is 4.74. The standard InChI is InChI=1S/C22H24N2O2S2/c1-13-2-4-14(5-3-13)9-18-19(25)24(21(27)28-18)23-20(26)22-10-15-6-16(11-22)8-17(7-15)12-22/h2-5,9,15-17H,6-8,10-12H2,1H3,(H,23,26)/b18-9+. The van der Waals surface area contributed by atoms with Crippen molar-refractivity contribution in [3.63, 3.8) is 0 Å². The number of nitrogens with one attached hydrogen (secondary N) is 1. The molecule has 0 radical (unpaired) electrons. The van der Waals surface area contributed by atoms with Gasteiger partial charge in [0.1, 0.15) is 0 Å². The molecule has 1 aromatic carbocycles. The molecule has 0 spiro atoms. The summed E-state index contributed by atoms with van der Waals surface area (Å²) < 4.78 is 0.404. The Morgan fingerprint density at radius 2 is 1.71 bits per heavy atom. The van der Waals surface area contributed by atoms with Crippen LogP contribution in [0.4, 0.5) is 0 Å². The minimum atomic E-state index is -0.293. The van der Waals surface area contributed by atoms with E-state index in [2.05, 4.69) is 5.43 Å². The van der Waals surface area contributed by atoms with E-state index in [0.717, 1.165) is 24.8 Å². The lowest BCUT2D eigenvalue weighted by molar-refractivity contribution is -0.152. The van der Waals surface area contributed by atoms with Crippen molar-refractivity contribution in [3.05, 3.63) is 40.3 Å². The molecule has 5 aliphatic rings. The largest absolute Gasteiger partial charge is 0.285 e. The molecule has 0 aromatic heterocycles. The van der Waals surface area contributed by atoms with Crippen LogP contribution in [0.2, 0.25) is 0 Å². The zero-order valence-corrected chi connectivity index (χ0v) is 17.6. The normalized spacial score (nSPS) is 35.1. The average molecular weight is 413 g/mol. The summed E-state index contributed by atoms with van der Waals surface area (Å²) in [7, 11) is 0. The van der Waals surface area contributed by atoms with E-state index in [0.29, 0.717) is 27.0 Å². The second-order valence-corrected chi connectivity index (χ2v) is 10.7. The number of rotatable bonds is 3. The SMILES string of the molecule is Cc1ccc(/C=C2/SC(=S)N(NC(=O)C34CC5CC(CC(C5)C3)C4)C2=O)cc1. The van der Waals surface area contributed by atoms with Crippen LogP contribution < -0.4 is 5.43 Å². The van der Waals surface area contributed by atoms with Crippen molar-refractivity contribution >= 4 is 46.2 Å². The fourth-order valence-electron chi connectivity index (χ4n) is 5.99. The van der Waals surface area contributed by atoms with Crippen LogP contribution in [0.15, 0.2) is 29.2 Å². The van der Waals surface area contributed by atoms with Crippen LogP contribution in [0.1, 0.15) is 49.7 Å². The predicted octanol–water partition coefficient (Wildman–Crippen LogP) is 4.44. The first-order valence-corrected chi connectivity index (χ1v) is 11.3. The third-order valence-electron chi connectivity index (χ3n) is 6.90. The van der Waals surface area contributed by atoms with Crippen molar-refractivity contribution in [1.29, 1.82) is 0 Å². The molecule has 2 amide bonds. The van der Waals surface area contributed by atoms with Gasteiger partial charge < -0.3 is 0 Å². The van der Waals surface area contributed by atoms with E-state index in [4.69, 9.17) is 12.2 Å². The molecule has 4 aliphatic carbocycles. The van der Waals surface area contributed by atoms with Gasteiger partial charge in [-0.3, -0.25) is 15.0 Å². The van der Waals surface area contributed by atoms with E-state index in [1.807, 2.05) is 37.3 Å². The van der Waals surface area contributed by atoms with Crippen LogP contribution in [-0.2, 0) is 9.59 Å². The summed E-state index contributed by atoms with van der Waals surface area (Å²) in [6.45, 7) is 2.03. The highest BCUT2D eigenvalue weighted by Gasteiger charge is 2.55. The molecule has 1 aliphatic heterocycles. The number of benzene rings is 1. The molecule has 1 saturated heterocycles. The van der Waals surface area contributed by atoms with Gasteiger partial charge in [0.05, 0.1) is 10.3 Å². The van der Waals surface area contributed by atoms with Crippen LogP contribution in [0.5, 0.6) is 0 Å². The van der Waals surface area contributed by atoms with Gasteiger partial charge in [-0.15, -0.1) is 0 Å². The number of aryl methyl sites for hydroxylation is 1. The first kappa shape index (κ1) is 18.4. The Labute approximate surface area is 175 Å². The smallest absolute Gasteiger partial charge is 0.273 e. The number of thioether (sulfide) groups is 1. The fourth-order valence-corrected chi connectivity index (χ4v) is 7.17. The molecular weight excluding hydrogens is 388 g/mol. The summed E-state index contributed by atoms with van der Waals surface area (Å²) >= 11 is 6.66. The van der Waals surface area contributed by atoms with Crippen LogP contribution in [0.25, 0.3) is 6.08 Å². The lowest BCUT2D eigenvalue weighted by Crippen LogP contribution is -2.57. The molecular formula is C22H24N2O2S2. The summed E-state index contributed by atoms with van der Waals surface area (Å²) in [4.78, 5) is 26.7. The number of thiocarbonyl (C=S) groups is 1. The number of hydrazine groups is 1. The first-order chi connectivity index (χ1) is 13.4. The van der Waals surface area contributed by atoms with Gasteiger partial charge in [-0.1, -0.05) is 41.6 Å². The minimum absolute atomic E-state index is 0.000476. The zero-order valence-electron chi connectivity index (χ0n) is 15.9. The number of nitrogens with zero attached hydrogens (tertiary/aromatic N) is 1. The van der Waals surface area contributed by atoms with Gasteiger partial charge in [0.2, 0.25) is 5.91 Å². The highest BCUT2D eigenvalue weighted by molar-refractivity contribution is 8.26. The van der Waals surface area contributed by atoms with Crippen LogP contribution in [0, 0.1) is 30.1 Å². The molecule has 4 saturated carbocycles. The summed E-state index contributed by atoms with van der Waals surface area (Å²) in [5, 5.41) is 1.29. The quantitative estimate of drug-likeness (QED) is 0.589. The maximum absolute atomic E-state index is 13.3. The van der Waals surface area contributed by atoms with E-state index >= 15 is 0 Å². The Balaban J connectivity index is 1.33. The summed E-state index contributed by atoms with van der Waals surface area (Å²) in [6.07, 6.45) is 8.61. The molecule has 0 atom stereocenters. The molecule has 1 N–H and O–H groups in total. The first-order valence-electron chi connectivity index (χ1n) is 10.1. The second-order valence-electron chi connectivity index (χ2n) is 9.07. The van der Waals surface area contributed by atoms with Crippen molar-refractivity contribution in [3.8, 4) is 0 Å². The van der Waals surface area contributed by atoms with Crippen molar-refractivity contribution < 1.29 is 9.59 Å². The van der Waals surface area contributed by atoms with Crippen molar-refractivity contribution in [2.45, 2.75) is 45.4 Å². The van der Waals surface area contributed by atoms with Crippen LogP contribution >= 0.6 is 24.0 Å². The minimum Gasteiger partial charge on any atom is -0.273 e. The fraction of sp³-hybridized carbons (Fsp3) is 0.500. The highest BCUT2D eigenvalue weighted by atomic mass is 32.2. The Morgan fingerprint density at radius 3 is 2.29 bits per heavy atom. The van der Waals surface area contributed by atoms with Crippen LogP contribution in [-0.4, -0.2) is 21.1 Å². The van der Waals surface area contributed by atoms with Crippen LogP contribution in [0.3, 0.4) is 0 Å². The van der Waals surface area contributed by atoms with Gasteiger partial charge in [0.25, 0.3) is 5.91 Å². The molecule has 4 bridgehead atoms. The number of carbonyl (C=O) groups is 2. The summed E-state index contributed by atoms with van der Waals surface area (Å²) in [5.74, 6) is 1.83. The molecule has 1 heterocycles. The number of carbonyl (C=O) groups excluding carboxylic acids is 2. The third-order valence-corrected chi connectivity index (χ3v) is 8.20. The Kier molecular flexibility index (Phi) is 4.40. The van der Waals surface area contributed by atoms with E-state index in [1.54, 1.807) is 0 Å². The Bertz CT molecular complexity index is 855. The van der Waals surface area contributed by atoms with E-state index < -0.39 is 0 Å². The molecule has 6 rings (SSSR count). The van der Waals surface area contributed by atoms with E-state index in [-0.39, 0.29) is 17.2 Å². The number of hydrogen-bond donors (Lipinski definition) is 1. The van der Waals surface area contributed by atoms with Gasteiger partial charge in [0.15, 0.2) is 4.32 Å². The zero-order chi connectivity index (χ0) is 19.5. The van der Waals surface area contributed by atoms with Gasteiger partial charge >= 0.3 is 0 Å². The van der Waals surface area contributed by atoms with Gasteiger partial charge in [-0.2, -0.15) is 5.01 Å². The Morgan fingerprint density at radius 1 is 1.14 bits per heavy atom. The van der Waals surface area contributed by atoms with Crippen molar-refractivity contribution in [2.24, 2.45) is 23.2 Å². The van der Waals surface area contributed by atoms with E-state index in [1.165, 1.54) is 41.6 Å². The third kappa shape index (κ3) is 3.11. The molecule has 28 heavy (non-hydrogen) atoms. The number of hydrogen-bond acceptors (Lipinski definition) is 4. The number of amides is 2. The summed E-state index contributed by atoms with van der Waals surface area (Å²) in [6, 6.07) is 7.99. The second kappa shape index (κ2) is 6.70. The molecule has 0 unspecified atom stereocenters. The van der Waals surface area contributed by atoms with Gasteiger partial charge in [-0.25, -0.2) is 0 Å². The highest BCUT2D eigenvalue weighted by Crippen LogP contribution is 2.60. The lowest BCUT2D eigenvalue weighted by Gasteiger charge is -2.55. The maximum atomic E-state index is 13.3. The monoisotopic (exact) mass is 412 g/mol. The van der Waals surface area contributed by atoms with Crippen molar-refractivity contribution in [1.82, 2.24) is 10.4 Å². The molecule has 4 nitrogen and oxygen atoms in total. The molecule has 6 heteroatoms. The molecule has 1 aromatic rings. The lowest BCUT2D eigenvalue weighted by atomic mass is 9.49. The average Bonchev–Trinajstić information content (AvgIpc) is 2.90. The molecule has 146 valence electrons. The van der Waals surface area contributed by atoms with Crippen molar-refractivity contribution in [2.75, 3.05) is 0 Å². The van der Waals surface area contributed by atoms with Gasteiger partial charge in [0, 0.05) is 0 Å². The predicted molar refractivity (Wildman–Crippen MR) is 115 cm³/mol. The van der Waals surface area contributed by atoms with Gasteiger partial charge in [-0.05, 0) is 87.1 Å².